The third kappa shape index (κ3) is 34.8. The lowest BCUT2D eigenvalue weighted by molar-refractivity contribution is -0.169. The van der Waals surface area contributed by atoms with Gasteiger partial charge in [-0.25, -0.2) is 39.3 Å². The van der Waals surface area contributed by atoms with E-state index in [-0.39, 0.29) is 88.8 Å². The second-order valence-electron chi connectivity index (χ2n) is 29.0. The van der Waals surface area contributed by atoms with Crippen LogP contribution < -0.4 is 33.2 Å². The molecular formula is C94H116Br7FIN7O25. The number of aliphatic hydroxyl groups excluding tert-OH is 6. The minimum atomic E-state index is -1.89. The van der Waals surface area contributed by atoms with Crippen LogP contribution >= 0.6 is 134 Å². The molecule has 0 aliphatic carbocycles. The number of nitrogens with zero attached hydrogens (tertiary/aromatic N) is 7. The molecule has 0 atom stereocenters. The van der Waals surface area contributed by atoms with Gasteiger partial charge >= 0.3 is 23.9 Å². The highest BCUT2D eigenvalue weighted by Crippen LogP contribution is 2.43. The van der Waals surface area contributed by atoms with Crippen LogP contribution in [0.25, 0.3) is 0 Å². The Morgan fingerprint density at radius 1 is 0.385 bits per heavy atom. The molecule has 9 heterocycles. The van der Waals surface area contributed by atoms with Crippen molar-refractivity contribution in [1.29, 1.82) is 0 Å². The Bertz CT molecular complexity index is 4940. The van der Waals surface area contributed by atoms with Crippen LogP contribution in [-0.2, 0) is 97.4 Å². The Morgan fingerprint density at radius 2 is 0.696 bits per heavy atom. The molecule has 2 fully saturated rings. The van der Waals surface area contributed by atoms with Crippen molar-refractivity contribution in [1.82, 2.24) is 34.9 Å². The van der Waals surface area contributed by atoms with Gasteiger partial charge in [-0.2, -0.15) is 0 Å². The summed E-state index contributed by atoms with van der Waals surface area (Å²) in [7, 11) is 0. The van der Waals surface area contributed by atoms with Crippen LogP contribution in [0.5, 0.6) is 41.2 Å². The van der Waals surface area contributed by atoms with Gasteiger partial charge in [0.15, 0.2) is 5.92 Å². The van der Waals surface area contributed by atoms with Crippen molar-refractivity contribution < 1.29 is 125 Å². The molecule has 0 spiro atoms. The molecule has 6 N–H and O–H groups in total. The first kappa shape index (κ1) is 118. The van der Waals surface area contributed by atoms with E-state index in [1.165, 1.54) is 12.4 Å². The van der Waals surface area contributed by atoms with Gasteiger partial charge in [-0.1, -0.05) is 60.7 Å². The van der Waals surface area contributed by atoms with E-state index in [4.69, 9.17) is 71.1 Å². The standard InChI is InChI=1S/C22H26BrNO6.C18H22BrNO4.C14H18BrNO5.C11H13BrFNO2.C11H16BrNO4.C11H14BrNO3.C7H7BrINO/c1-4-28-19-18(12-17(23)13-24-19)22(20(25)29-5-2,21(26)30-6-3)15-27-14-16-10-8-7-9-11-16;1-2-24-17-16(8-15(19)9-20-17)18(11-21,12-22)13-23-10-14-6-4-3-5-7-14;1-4-19-12-10(7-9(15)8-16-12)11(13(17)20-5-2)14(18)21-6-3;1-2-16-10-9(3-8(12)4-14-10)11(5-13)6-15-7-11;1-2-17-10-9(3-8(12)4-13-10)11(5-14,6-15)7-16;1-2-16-10-9(3-8(12)4-13-10)11(5-14)6-15-7-11;1-2-11-7-6(9)3-5(8)4-10-7/h7-13H,4-6,14-15H2,1-3H3;3-9,21-22H,2,10-13H2,1H3;7-8,11H,4-6H2,1-3H3;3-4H,2,5-7H2,1H3;3-4,14-16H,2,5-7H2,1H3;3-4,14H,2,5-7H2,1H3;3-4H,2H2,1H3. The smallest absolute Gasteiger partial charge is 0.330 e. The summed E-state index contributed by atoms with van der Waals surface area (Å²) in [6.45, 7) is 23.5. The summed E-state index contributed by atoms with van der Waals surface area (Å²) < 4.78 is 100.0. The second-order valence-corrected chi connectivity index (χ2v) is 36.6. The van der Waals surface area contributed by atoms with Crippen LogP contribution in [0.2, 0.25) is 0 Å². The highest BCUT2D eigenvalue weighted by molar-refractivity contribution is 14.1. The number of aromatic nitrogens is 7. The van der Waals surface area contributed by atoms with E-state index >= 15 is 0 Å². The van der Waals surface area contributed by atoms with Crippen LogP contribution in [0.1, 0.15) is 127 Å². The van der Waals surface area contributed by atoms with Crippen LogP contribution in [0, 0.1) is 3.57 Å². The van der Waals surface area contributed by atoms with Crippen molar-refractivity contribution in [3.63, 3.8) is 0 Å². The Hall–Kier alpha value is -7.41. The predicted molar refractivity (Wildman–Crippen MR) is 534 cm³/mol. The molecule has 32 nitrogen and oxygen atoms in total. The summed E-state index contributed by atoms with van der Waals surface area (Å²) in [6.07, 6.45) is 11.3. The zero-order chi connectivity index (χ0) is 99.6. The van der Waals surface area contributed by atoms with Gasteiger partial charge in [-0.15, -0.1) is 0 Å². The maximum atomic E-state index is 13.2. The first-order chi connectivity index (χ1) is 65.0. The van der Waals surface area contributed by atoms with Gasteiger partial charge in [-0.3, -0.25) is 19.2 Å². The zero-order valence-electron chi connectivity index (χ0n) is 76.8. The molecule has 0 bridgehead atoms. The lowest BCUT2D eigenvalue weighted by Gasteiger charge is -2.40. The molecule has 2 aliphatic heterocycles. The summed E-state index contributed by atoms with van der Waals surface area (Å²) in [5.41, 5.74) is 0.345. The van der Waals surface area contributed by atoms with Crippen molar-refractivity contribution in [3.8, 4) is 41.2 Å². The third-order valence-electron chi connectivity index (χ3n) is 19.5. The minimum absolute atomic E-state index is 0.0468. The van der Waals surface area contributed by atoms with Crippen molar-refractivity contribution in [2.24, 2.45) is 0 Å². The Morgan fingerprint density at radius 3 is 1.05 bits per heavy atom. The monoisotopic (exact) mass is 2440 g/mol. The first-order valence-corrected chi connectivity index (χ1v) is 49.6. The highest BCUT2D eigenvalue weighted by Gasteiger charge is 2.54. The van der Waals surface area contributed by atoms with Crippen molar-refractivity contribution in [3.05, 3.63) is 226 Å². The summed E-state index contributed by atoms with van der Waals surface area (Å²) in [5.74, 6) is -1.28. The molecule has 0 amide bonds. The molecule has 0 saturated carbocycles. The van der Waals surface area contributed by atoms with E-state index in [0.29, 0.717) is 139 Å². The molecule has 0 radical (unpaired) electrons. The molecule has 2 saturated heterocycles. The number of hydrogen-bond acceptors (Lipinski definition) is 32. The number of aliphatic hydroxyl groups is 6. The van der Waals surface area contributed by atoms with E-state index < -0.39 is 78.0 Å². The van der Waals surface area contributed by atoms with Crippen molar-refractivity contribution in [2.75, 3.05) is 159 Å². The van der Waals surface area contributed by atoms with Crippen LogP contribution in [0.15, 0.2) is 178 Å². The first-order valence-electron chi connectivity index (χ1n) is 42.9. The Labute approximate surface area is 858 Å². The van der Waals surface area contributed by atoms with Crippen LogP contribution in [0.3, 0.4) is 0 Å². The molecule has 740 valence electrons. The summed E-state index contributed by atoms with van der Waals surface area (Å²) in [5, 5.41) is 57.6. The quantitative estimate of drug-likeness (QED) is 0.00894. The van der Waals surface area contributed by atoms with E-state index in [9.17, 15) is 54.2 Å². The number of carbonyl (C=O) groups excluding carboxylic acids is 4. The van der Waals surface area contributed by atoms with Gasteiger partial charge < -0.3 is 102 Å². The minimum Gasteiger partial charge on any atom is -0.478 e. The highest BCUT2D eigenvalue weighted by atomic mass is 127. The molecule has 11 rings (SSSR count). The number of pyridine rings is 7. The van der Waals surface area contributed by atoms with Gasteiger partial charge in [0.1, 0.15) is 6.67 Å². The molecule has 135 heavy (non-hydrogen) atoms. The fraction of sp³-hybridized carbons (Fsp3) is 0.457. The van der Waals surface area contributed by atoms with Crippen LogP contribution in [0.4, 0.5) is 4.39 Å². The fourth-order valence-electron chi connectivity index (χ4n) is 12.5. The summed E-state index contributed by atoms with van der Waals surface area (Å²) in [4.78, 5) is 79.7. The number of benzene rings is 2. The maximum absolute atomic E-state index is 13.2. The Balaban J connectivity index is 0.000000283. The normalized spacial score (nSPS) is 12.6. The molecule has 41 heteroatoms. The number of hydrogen-bond donors (Lipinski definition) is 6. The van der Waals surface area contributed by atoms with Crippen LogP contribution in [-0.4, -0.2) is 248 Å². The van der Waals surface area contributed by atoms with Gasteiger partial charge in [0, 0.05) is 108 Å². The SMILES string of the molecule is CCOC(=O)C(C(=O)OCC)c1cc(Br)cnc1OCC.CCOC(=O)C(COCc1ccccc1)(C(=O)OCC)c1cc(Br)cnc1OCC.CCOc1ncc(Br)cc1C(CO)(CO)CO.CCOc1ncc(Br)cc1C(CO)(CO)COCc1ccccc1.CCOc1ncc(Br)cc1C1(CF)COC1.CCOc1ncc(Br)cc1C1(CO)COC1.CCOc1ncc(Br)cc1I. The van der Waals surface area contributed by atoms with E-state index in [1.807, 2.05) is 113 Å². The summed E-state index contributed by atoms with van der Waals surface area (Å²) >= 11 is 25.5. The number of ether oxygens (including phenoxy) is 15. The molecule has 2 aliphatic rings. The lowest BCUT2D eigenvalue weighted by atomic mass is 9.80. The molecule has 2 aromatic carbocycles. The van der Waals surface area contributed by atoms with E-state index in [2.05, 4.69) is 169 Å². The number of esters is 4. The maximum Gasteiger partial charge on any atom is 0.330 e. The van der Waals surface area contributed by atoms with Gasteiger partial charge in [0.25, 0.3) is 0 Å². The fourth-order valence-corrected chi connectivity index (χ4v) is 15.9. The van der Waals surface area contributed by atoms with E-state index in [1.54, 1.807) is 96.8 Å². The largest absolute Gasteiger partial charge is 0.478 e. The number of alkyl halides is 1. The molecule has 7 aromatic heterocycles. The average Bonchev–Trinajstić information content (AvgIpc) is 0.767. The van der Waals surface area contributed by atoms with Crippen molar-refractivity contribution >= 4 is 158 Å². The van der Waals surface area contributed by atoms with Gasteiger partial charge in [0.05, 0.1) is 190 Å². The lowest BCUT2D eigenvalue weighted by Crippen LogP contribution is -2.50. The second kappa shape index (κ2) is 62.6. The number of carbonyl (C=O) groups is 4. The van der Waals surface area contributed by atoms with Gasteiger partial charge in [0.2, 0.25) is 46.6 Å². The van der Waals surface area contributed by atoms with E-state index in [0.717, 1.165) is 43.7 Å². The Kier molecular flexibility index (Phi) is 54.8. The topological polar surface area (TPSA) is 418 Å². The molecule has 9 aromatic rings. The zero-order valence-corrected chi connectivity index (χ0v) is 90.1. The van der Waals surface area contributed by atoms with Crippen molar-refractivity contribution in [2.45, 2.75) is 122 Å². The number of rotatable bonds is 43. The summed E-state index contributed by atoms with van der Waals surface area (Å²) in [6, 6.07) is 31.7. The number of halogens is 9. The average molecular weight is 2450 g/mol. The van der Waals surface area contributed by atoms with Gasteiger partial charge in [-0.05, 0) is 264 Å². The molecular weight excluding hydrogens is 2330 g/mol. The predicted octanol–water partition coefficient (Wildman–Crippen LogP) is 16.2. The third-order valence-corrected chi connectivity index (χ3v) is 23.3. The molecule has 0 unspecified atom stereocenters.